The maximum Gasteiger partial charge on any atom is 0.319 e. The van der Waals surface area contributed by atoms with Crippen LogP contribution in [0.2, 0.25) is 39.3 Å². The van der Waals surface area contributed by atoms with Crippen molar-refractivity contribution in [3.8, 4) is 0 Å². The van der Waals surface area contributed by atoms with E-state index >= 15 is 0 Å². The van der Waals surface area contributed by atoms with Crippen molar-refractivity contribution in [1.29, 1.82) is 0 Å². The smallest absolute Gasteiger partial charge is 0.152 e. The van der Waals surface area contributed by atoms with Gasteiger partial charge in [-0.15, -0.1) is 101 Å². The zero-order valence-corrected chi connectivity index (χ0v) is 96.6. The van der Waals surface area contributed by atoms with Gasteiger partial charge in [-0.25, -0.2) is 0 Å². The van der Waals surface area contributed by atoms with E-state index in [2.05, 4.69) is 597 Å². The van der Waals surface area contributed by atoms with Crippen LogP contribution in [0.4, 0.5) is 0 Å². The van der Waals surface area contributed by atoms with Crippen molar-refractivity contribution in [2.45, 2.75) is 239 Å². The van der Waals surface area contributed by atoms with Gasteiger partial charge in [0.15, 0.2) is 6.37 Å². The first-order valence-corrected chi connectivity index (χ1v) is 86.0. The largest absolute Gasteiger partial charge is 0.319 e. The van der Waals surface area contributed by atoms with Crippen LogP contribution in [0, 0.1) is 69.2 Å². The highest BCUT2D eigenvalue weighted by Crippen LogP contribution is 2.60. The van der Waals surface area contributed by atoms with Gasteiger partial charge in [0.25, 0.3) is 0 Å². The van der Waals surface area contributed by atoms with Crippen LogP contribution in [-0.2, 0) is 0 Å². The Balaban J connectivity index is 0.000000266. The topological polar surface area (TPSA) is 0 Å². The van der Waals surface area contributed by atoms with E-state index in [0.29, 0.717) is 0 Å². The molecule has 0 atom stereocenters. The Labute approximate surface area is 807 Å². The summed E-state index contributed by atoms with van der Waals surface area (Å²) in [7, 11) is -0.999. The molecule has 0 aliphatic heterocycles. The Kier molecular flexibility index (Phi) is 55.1. The van der Waals surface area contributed by atoms with E-state index in [1.54, 1.807) is 0 Å². The molecule has 0 bridgehead atoms. The Morgan fingerprint density at radius 3 is 0.483 bits per heavy atom. The molecule has 0 aliphatic carbocycles. The highest BCUT2D eigenvalue weighted by atomic mass is 33.0. The first-order chi connectivity index (χ1) is 57.2. The van der Waals surface area contributed by atoms with Gasteiger partial charge in [0, 0.05) is 49.0 Å². The molecule has 0 amide bonds. The molecule has 652 valence electrons. The first kappa shape index (κ1) is 110. The van der Waals surface area contributed by atoms with Crippen LogP contribution in [0.1, 0.15) is 137 Å². The van der Waals surface area contributed by atoms with Crippen molar-refractivity contribution in [1.82, 2.24) is 0 Å². The van der Waals surface area contributed by atoms with Crippen LogP contribution in [0.5, 0.6) is 0 Å². The Morgan fingerprint density at radius 2 is 0.325 bits per heavy atom. The van der Waals surface area contributed by atoms with Gasteiger partial charge in [-0.05, 0) is 269 Å². The lowest BCUT2D eigenvalue weighted by molar-refractivity contribution is 1.11. The second-order valence-corrected chi connectivity index (χ2v) is 124. The van der Waals surface area contributed by atoms with E-state index in [-0.39, 0.29) is 0 Å². The number of aryl methyl sites for hydroxylation is 10. The zero-order chi connectivity index (χ0) is 88.0. The molecule has 0 nitrogen and oxygen atoms in total. The molecule has 24 heteroatoms. The molecule has 120 heavy (non-hydrogen) atoms. The van der Waals surface area contributed by atoms with Crippen molar-refractivity contribution >= 4 is 235 Å². The Hall–Kier alpha value is -0.199. The van der Waals surface area contributed by atoms with Gasteiger partial charge in [-0.1, -0.05) is 265 Å². The van der Waals surface area contributed by atoms with Crippen molar-refractivity contribution in [3.63, 3.8) is 0 Å². The second-order valence-electron chi connectivity index (χ2n) is 30.2. The number of hydrogen-bond donors (Lipinski definition) is 0. The quantitative estimate of drug-likeness (QED) is 0.0334. The second kappa shape index (κ2) is 60.0. The van der Waals surface area contributed by atoms with E-state index in [1.807, 2.05) is 11.2 Å². The minimum Gasteiger partial charge on any atom is -0.152 e. The van der Waals surface area contributed by atoms with Gasteiger partial charge in [0.2, 0.25) is 5.52 Å². The normalized spacial score (nSPS) is 11.7. The summed E-state index contributed by atoms with van der Waals surface area (Å²) in [5, 5.41) is 0. The van der Waals surface area contributed by atoms with Crippen molar-refractivity contribution in [2.24, 2.45) is 0 Å². The summed E-state index contributed by atoms with van der Waals surface area (Å²) in [6.45, 7) is 54.3. The Morgan fingerprint density at radius 1 is 0.175 bits per heavy atom. The maximum absolute atomic E-state index is 2.46. The third-order valence-corrected chi connectivity index (χ3v) is 105. The van der Waals surface area contributed by atoms with E-state index in [0.717, 1.165) is 0 Å². The molecule has 0 saturated heterocycles. The van der Waals surface area contributed by atoms with Crippen LogP contribution in [0.15, 0.2) is 292 Å². The molecule has 0 fully saturated rings. The van der Waals surface area contributed by atoms with Crippen LogP contribution in [0.3, 0.4) is 0 Å². The lowest BCUT2D eigenvalue weighted by atomic mass is 10.2. The molecule has 0 unspecified atom stereocenters. The number of rotatable bonds is 40. The lowest BCUT2D eigenvalue weighted by Gasteiger charge is -2.29. The highest BCUT2D eigenvalue weighted by molar-refractivity contribution is 9.01. The summed E-state index contributed by atoms with van der Waals surface area (Å²) in [6.07, 6.45) is 3.91. The number of benzene rings is 10. The molecule has 0 aliphatic rings. The average molecular weight is 2040 g/mol. The van der Waals surface area contributed by atoms with Crippen LogP contribution < -0.4 is 0 Å². The summed E-state index contributed by atoms with van der Waals surface area (Å²) in [5.74, 6) is 10.5. The van der Waals surface area contributed by atoms with Crippen molar-refractivity contribution in [3.05, 3.63) is 298 Å². The van der Waals surface area contributed by atoms with Crippen LogP contribution >= 0.6 is 202 Å². The van der Waals surface area contributed by atoms with Crippen molar-refractivity contribution in [2.75, 3.05) is 46.0 Å². The molecular weight excluding hydrogens is 1900 g/mol. The van der Waals surface area contributed by atoms with Crippen molar-refractivity contribution < 1.29 is 0 Å². The van der Waals surface area contributed by atoms with E-state index < -0.39 is 33.1 Å². The molecule has 0 saturated carbocycles. The average Bonchev–Trinajstić information content (AvgIpc) is 0.799. The standard InChI is InChI=1S/C28H28S4Si.C22H24S3Si.C16H20S2Si.C12H28S4Si.C10H16SSi.C8H20S4Si/c1-21-5-13-25(14-6-21)29-33(30-26-15-7-22(2)8-16-26,31-27-17-9-23(3)10-18-27)32-28-19-11-24(4)12-20-28;1-17-5-11-20(12-6-17)23-26(4,24-21-13-7-18(2)8-14-21)25-22-15-9-19(3)10-16-22;1-13-5-9-15(10-6-13)17-19(3,4)18-16-11-7-14(2)8-12-16;1-5-9-13-17(14-10-6-2,15-11-7-3)16-12-8-4;1-9-5-7-10(8-6-9)11-12(2,3)4;1-5-9-13(10-6-2,11-7-3)12-8-4/h5-20H,1-4H3;5-16H,1-4H3;5-12H,1-4H3;5-12H2,1-4H3;5-8H,1-4H3;5-8H2,1-4H3. The highest BCUT2D eigenvalue weighted by Gasteiger charge is 2.41. The SMILES string of the molecule is CCCS[Si](SCCC)(SCCC)SCCC.CCS[Si](SCC)(SCC)SCC.Cc1ccc(S[Si](C)(C)C)cc1.Cc1ccc(S[Si](C)(C)Sc2ccc(C)cc2)cc1.Cc1ccc(S[Si](C)(Sc2ccc(C)cc2)Sc2ccc(C)cc2)cc1.Cc1ccc(S[Si](Sc2ccc(C)cc2)(Sc2ccc(C)cc2)Sc2ccc(C)cc2)cc1. The minimum atomic E-state index is -2.16. The number of hydrogen-bond acceptors (Lipinski definition) is 18. The summed E-state index contributed by atoms with van der Waals surface area (Å²) in [4.78, 5) is 13.6. The molecule has 0 radical (unpaired) electrons. The van der Waals surface area contributed by atoms with Gasteiger partial charge in [-0.3, -0.25) is 0 Å². The lowest BCUT2D eigenvalue weighted by Crippen LogP contribution is -2.21. The molecule has 10 aromatic carbocycles. The fraction of sp³-hybridized carbons (Fsp3) is 0.375. The Bertz CT molecular complexity index is 3940. The van der Waals surface area contributed by atoms with Gasteiger partial charge < -0.3 is 0 Å². The zero-order valence-electron chi connectivity index (χ0n) is 75.9. The molecule has 0 heterocycles. The molecule has 0 aromatic heterocycles. The van der Waals surface area contributed by atoms with Gasteiger partial charge >= 0.3 is 14.0 Å². The van der Waals surface area contributed by atoms with E-state index in [4.69, 9.17) is 0 Å². The molecule has 10 aromatic rings. The monoisotopic (exact) mass is 2030 g/mol. The van der Waals surface area contributed by atoms with Gasteiger partial charge in [0.1, 0.15) is 7.22 Å². The molecule has 10 rings (SSSR count). The fourth-order valence-electron chi connectivity index (χ4n) is 10.5. The van der Waals surface area contributed by atoms with Gasteiger partial charge in [-0.2, -0.15) is 101 Å². The summed E-state index contributed by atoms with van der Waals surface area (Å²) in [5.41, 5.74) is 11.4. The van der Waals surface area contributed by atoms with Crippen LogP contribution in [0.25, 0.3) is 0 Å². The molecule has 0 N–H and O–H groups in total. The van der Waals surface area contributed by atoms with Crippen LogP contribution in [-0.4, -0.2) is 79.2 Å². The molecular formula is C96H136S18Si6. The maximum atomic E-state index is 2.46. The van der Waals surface area contributed by atoms with Gasteiger partial charge in [0.05, 0.1) is 0 Å². The fourth-order valence-corrected chi connectivity index (χ4v) is 105. The predicted octanol–water partition coefficient (Wildman–Crippen LogP) is 37.9. The minimum absolute atomic E-state index is 0.999. The molecule has 0 spiro atoms. The van der Waals surface area contributed by atoms with E-state index in [9.17, 15) is 0 Å². The summed E-state index contributed by atoms with van der Waals surface area (Å²) >= 11 is 38.8. The first-order valence-electron chi connectivity index (χ1n) is 41.9. The third kappa shape index (κ3) is 46.6. The summed E-state index contributed by atoms with van der Waals surface area (Å²) < 4.78 is -4.50. The summed E-state index contributed by atoms with van der Waals surface area (Å²) in [6, 6.07) is 89.5. The third-order valence-electron chi connectivity index (χ3n) is 16.5. The predicted molar refractivity (Wildman–Crippen MR) is 604 cm³/mol. The van der Waals surface area contributed by atoms with E-state index in [1.165, 1.54) is 176 Å².